The van der Waals surface area contributed by atoms with Gasteiger partial charge in [-0.3, -0.25) is 10.1 Å². The van der Waals surface area contributed by atoms with E-state index in [-0.39, 0.29) is 18.2 Å². The van der Waals surface area contributed by atoms with Crippen molar-refractivity contribution in [1.82, 2.24) is 0 Å². The third kappa shape index (κ3) is 5.20. The highest BCUT2D eigenvalue weighted by Gasteiger charge is 2.22. The van der Waals surface area contributed by atoms with Gasteiger partial charge in [0.15, 0.2) is 0 Å². The number of nitriles is 1. The van der Waals surface area contributed by atoms with E-state index < -0.39 is 4.92 Å². The van der Waals surface area contributed by atoms with E-state index in [0.717, 1.165) is 16.7 Å². The molecule has 0 atom stereocenters. The molecule has 0 unspecified atom stereocenters. The van der Waals surface area contributed by atoms with Crippen molar-refractivity contribution >= 4 is 17.8 Å². The van der Waals surface area contributed by atoms with Crippen molar-refractivity contribution in [2.45, 2.75) is 6.61 Å². The molecule has 7 nitrogen and oxygen atoms in total. The van der Waals surface area contributed by atoms with Gasteiger partial charge in [-0.25, -0.2) is 4.99 Å². The summed E-state index contributed by atoms with van der Waals surface area (Å²) in [4.78, 5) is 15.0. The lowest BCUT2D eigenvalue weighted by Crippen LogP contribution is -1.98. The molecule has 5 aromatic rings. The number of ether oxygens (including phenoxy) is 1. The lowest BCUT2D eigenvalue weighted by molar-refractivity contribution is -0.384. The van der Waals surface area contributed by atoms with Gasteiger partial charge in [0.1, 0.15) is 29.7 Å². The standard InChI is InChI=1S/C31H21N3O4/c32-19-27-29(23-9-3-1-4-10-23)30(24-11-5-2-6-12-24)38-31(27)33-20-25-13-7-8-14-28(25)37-21-22-15-17-26(18-16-22)34(35)36/h1-18,20H,21H2. The van der Waals surface area contributed by atoms with Crippen LogP contribution < -0.4 is 4.74 Å². The lowest BCUT2D eigenvalue weighted by Gasteiger charge is -2.08. The molecule has 0 aliphatic heterocycles. The fraction of sp³-hybridized carbons (Fsp3) is 0.0323. The number of para-hydroxylation sites is 1. The number of nitrogens with zero attached hydrogens (tertiary/aromatic N) is 3. The van der Waals surface area contributed by atoms with Crippen LogP contribution in [0.15, 0.2) is 119 Å². The minimum Gasteiger partial charge on any atom is -0.488 e. The summed E-state index contributed by atoms with van der Waals surface area (Å²) in [6.45, 7) is 0.226. The van der Waals surface area contributed by atoms with Crippen molar-refractivity contribution in [2.75, 3.05) is 0 Å². The number of aliphatic imine (C=N–C) groups is 1. The first kappa shape index (κ1) is 24.2. The zero-order valence-corrected chi connectivity index (χ0v) is 20.2. The predicted octanol–water partition coefficient (Wildman–Crippen LogP) is 7.72. The van der Waals surface area contributed by atoms with Gasteiger partial charge >= 0.3 is 0 Å². The molecule has 1 aromatic heterocycles. The summed E-state index contributed by atoms with van der Waals surface area (Å²) in [5, 5.41) is 21.0. The molecule has 0 aliphatic rings. The second kappa shape index (κ2) is 11.1. The van der Waals surface area contributed by atoms with E-state index in [4.69, 9.17) is 9.15 Å². The lowest BCUT2D eigenvalue weighted by atomic mass is 9.98. The fourth-order valence-electron chi connectivity index (χ4n) is 4.01. The Morgan fingerprint density at radius 3 is 2.16 bits per heavy atom. The van der Waals surface area contributed by atoms with Crippen molar-refractivity contribution in [3.05, 3.63) is 136 Å². The Bertz CT molecular complexity index is 1630. The average Bonchev–Trinajstić information content (AvgIpc) is 3.35. The van der Waals surface area contributed by atoms with E-state index >= 15 is 0 Å². The normalized spacial score (nSPS) is 10.8. The van der Waals surface area contributed by atoms with E-state index in [2.05, 4.69) is 11.1 Å². The van der Waals surface area contributed by atoms with Gasteiger partial charge in [-0.1, -0.05) is 72.8 Å². The first-order valence-corrected chi connectivity index (χ1v) is 11.8. The molecule has 7 heteroatoms. The van der Waals surface area contributed by atoms with Gasteiger partial charge < -0.3 is 9.15 Å². The van der Waals surface area contributed by atoms with Gasteiger partial charge in [-0.05, 0) is 35.4 Å². The topological polar surface area (TPSA) is 102 Å². The van der Waals surface area contributed by atoms with Gasteiger partial charge in [0.05, 0.1) is 4.92 Å². The highest BCUT2D eigenvalue weighted by Crippen LogP contribution is 2.42. The van der Waals surface area contributed by atoms with Crippen LogP contribution in [0, 0.1) is 21.4 Å². The van der Waals surface area contributed by atoms with E-state index in [1.165, 1.54) is 12.1 Å². The Morgan fingerprint density at radius 1 is 0.868 bits per heavy atom. The summed E-state index contributed by atoms with van der Waals surface area (Å²) < 4.78 is 12.2. The summed E-state index contributed by atoms with van der Waals surface area (Å²) in [5.74, 6) is 1.35. The van der Waals surface area contributed by atoms with E-state index in [0.29, 0.717) is 28.2 Å². The zero-order chi connectivity index (χ0) is 26.3. The van der Waals surface area contributed by atoms with Crippen LogP contribution in [-0.4, -0.2) is 11.1 Å². The van der Waals surface area contributed by atoms with Crippen LogP contribution in [0.1, 0.15) is 16.7 Å². The van der Waals surface area contributed by atoms with Gasteiger partial charge in [0.25, 0.3) is 5.69 Å². The molecule has 1 heterocycles. The molecular formula is C31H21N3O4. The zero-order valence-electron chi connectivity index (χ0n) is 20.2. The Morgan fingerprint density at radius 2 is 1.50 bits per heavy atom. The SMILES string of the molecule is N#Cc1c(N=Cc2ccccc2OCc2ccc([N+](=O)[O-])cc2)oc(-c2ccccc2)c1-c1ccccc1. The van der Waals surface area contributed by atoms with Crippen molar-refractivity contribution in [3.8, 4) is 34.3 Å². The van der Waals surface area contributed by atoms with Gasteiger partial charge in [0.2, 0.25) is 5.88 Å². The summed E-state index contributed by atoms with van der Waals surface area (Å²) in [6.07, 6.45) is 1.61. The maximum atomic E-state index is 10.9. The maximum absolute atomic E-state index is 10.9. The molecule has 0 saturated carbocycles. The van der Waals surface area contributed by atoms with Gasteiger partial charge in [-0.15, -0.1) is 0 Å². The van der Waals surface area contributed by atoms with Crippen LogP contribution in [0.3, 0.4) is 0 Å². The number of nitro benzene ring substituents is 1. The van der Waals surface area contributed by atoms with Crippen molar-refractivity contribution < 1.29 is 14.1 Å². The first-order chi connectivity index (χ1) is 18.6. The Balaban J connectivity index is 1.47. The van der Waals surface area contributed by atoms with Crippen LogP contribution in [-0.2, 0) is 6.61 Å². The summed E-state index contributed by atoms with van der Waals surface area (Å²) >= 11 is 0. The van der Waals surface area contributed by atoms with Crippen LogP contribution >= 0.6 is 0 Å². The monoisotopic (exact) mass is 499 g/mol. The van der Waals surface area contributed by atoms with E-state index in [1.807, 2.05) is 84.9 Å². The number of nitro groups is 1. The molecule has 0 bridgehead atoms. The molecule has 4 aromatic carbocycles. The molecule has 0 fully saturated rings. The number of benzene rings is 4. The fourth-order valence-corrected chi connectivity index (χ4v) is 4.01. The van der Waals surface area contributed by atoms with Crippen molar-refractivity contribution in [1.29, 1.82) is 5.26 Å². The molecule has 0 spiro atoms. The number of hydrogen-bond acceptors (Lipinski definition) is 6. The molecular weight excluding hydrogens is 478 g/mol. The van der Waals surface area contributed by atoms with Gasteiger partial charge in [-0.2, -0.15) is 5.26 Å². The predicted molar refractivity (Wildman–Crippen MR) is 145 cm³/mol. The number of hydrogen-bond donors (Lipinski definition) is 0. The third-order valence-corrected chi connectivity index (χ3v) is 5.88. The molecule has 38 heavy (non-hydrogen) atoms. The number of furan rings is 1. The molecule has 0 saturated heterocycles. The van der Waals surface area contributed by atoms with Crippen LogP contribution in [0.5, 0.6) is 5.75 Å². The molecule has 0 aliphatic carbocycles. The number of rotatable bonds is 8. The summed E-state index contributed by atoms with van der Waals surface area (Å²) in [5.41, 5.74) is 4.25. The van der Waals surface area contributed by atoms with Gasteiger partial charge in [0, 0.05) is 35.0 Å². The van der Waals surface area contributed by atoms with Crippen LogP contribution in [0.25, 0.3) is 22.5 Å². The molecule has 5 rings (SSSR count). The Hall–Kier alpha value is -5.48. The third-order valence-electron chi connectivity index (χ3n) is 5.88. The summed E-state index contributed by atoms with van der Waals surface area (Å²) in [6, 6.07) is 35.1. The van der Waals surface area contributed by atoms with Crippen molar-refractivity contribution in [2.24, 2.45) is 4.99 Å². The average molecular weight is 500 g/mol. The van der Waals surface area contributed by atoms with Crippen molar-refractivity contribution in [3.63, 3.8) is 0 Å². The largest absolute Gasteiger partial charge is 0.488 e. The minimum absolute atomic E-state index is 0.0257. The highest BCUT2D eigenvalue weighted by molar-refractivity contribution is 5.90. The molecule has 0 N–H and O–H groups in total. The maximum Gasteiger partial charge on any atom is 0.269 e. The smallest absolute Gasteiger partial charge is 0.269 e. The Labute approximate surface area is 219 Å². The minimum atomic E-state index is -0.438. The highest BCUT2D eigenvalue weighted by atomic mass is 16.6. The van der Waals surface area contributed by atoms with E-state index in [1.54, 1.807) is 18.3 Å². The molecule has 0 amide bonds. The molecule has 0 radical (unpaired) electrons. The second-order valence-electron chi connectivity index (χ2n) is 8.34. The number of non-ortho nitro benzene ring substituents is 1. The summed E-state index contributed by atoms with van der Waals surface area (Å²) in [7, 11) is 0. The quantitative estimate of drug-likeness (QED) is 0.124. The van der Waals surface area contributed by atoms with Crippen LogP contribution in [0.4, 0.5) is 11.6 Å². The Kier molecular flexibility index (Phi) is 7.05. The second-order valence-corrected chi connectivity index (χ2v) is 8.34. The van der Waals surface area contributed by atoms with Crippen LogP contribution in [0.2, 0.25) is 0 Å². The van der Waals surface area contributed by atoms with E-state index in [9.17, 15) is 15.4 Å². The first-order valence-electron chi connectivity index (χ1n) is 11.8. The molecule has 184 valence electrons.